The van der Waals surface area contributed by atoms with Gasteiger partial charge in [0.1, 0.15) is 5.82 Å². The Morgan fingerprint density at radius 3 is 2.79 bits per heavy atom. The average Bonchev–Trinajstić information content (AvgIpc) is 3.02. The SMILES string of the molecule is Cc1cc(NC(=O)/C=C/c2cccc([N+](=O)[O-])c2)nn1Cc1c(F)cccc1Cl. The van der Waals surface area contributed by atoms with Crippen LogP contribution in [0.15, 0.2) is 54.6 Å². The first-order valence-electron chi connectivity index (χ1n) is 8.54. The molecule has 0 fully saturated rings. The number of aryl methyl sites for hydroxylation is 1. The van der Waals surface area contributed by atoms with Gasteiger partial charge in [0.05, 0.1) is 11.5 Å². The number of rotatable bonds is 6. The van der Waals surface area contributed by atoms with E-state index in [2.05, 4.69) is 10.4 Å². The summed E-state index contributed by atoms with van der Waals surface area (Å²) in [6.07, 6.45) is 2.71. The Hall–Kier alpha value is -3.52. The van der Waals surface area contributed by atoms with Gasteiger partial charge in [0.2, 0.25) is 5.91 Å². The molecule has 0 unspecified atom stereocenters. The first kappa shape index (κ1) is 20.2. The zero-order chi connectivity index (χ0) is 21.0. The lowest BCUT2D eigenvalue weighted by Gasteiger charge is -2.07. The summed E-state index contributed by atoms with van der Waals surface area (Å²) in [6.45, 7) is 1.90. The summed E-state index contributed by atoms with van der Waals surface area (Å²) in [5.41, 5.74) is 1.48. The number of nitro benzene ring substituents is 1. The minimum absolute atomic E-state index is 0.0614. The van der Waals surface area contributed by atoms with E-state index >= 15 is 0 Å². The number of nitrogens with one attached hydrogen (secondary N) is 1. The standard InChI is InChI=1S/C20H16ClFN4O3/c1-13-10-19(24-25(13)12-16-17(21)6-3-7-18(16)22)23-20(27)9-8-14-4-2-5-15(11-14)26(28)29/h2-11H,12H2,1H3,(H,23,24,27)/b9-8+. The molecule has 0 aliphatic heterocycles. The van der Waals surface area contributed by atoms with Crippen LogP contribution in [0.25, 0.3) is 6.08 Å². The molecule has 1 heterocycles. The Labute approximate surface area is 170 Å². The third-order valence-electron chi connectivity index (χ3n) is 4.11. The van der Waals surface area contributed by atoms with Gasteiger partial charge in [-0.05, 0) is 30.7 Å². The highest BCUT2D eigenvalue weighted by Crippen LogP contribution is 2.21. The minimum Gasteiger partial charge on any atom is -0.306 e. The number of non-ortho nitro benzene ring substituents is 1. The smallest absolute Gasteiger partial charge is 0.270 e. The highest BCUT2D eigenvalue weighted by molar-refractivity contribution is 6.31. The highest BCUT2D eigenvalue weighted by Gasteiger charge is 2.12. The number of aromatic nitrogens is 2. The molecule has 0 atom stereocenters. The molecule has 0 saturated carbocycles. The number of benzene rings is 2. The fraction of sp³-hybridized carbons (Fsp3) is 0.100. The largest absolute Gasteiger partial charge is 0.306 e. The van der Waals surface area contributed by atoms with E-state index in [9.17, 15) is 19.3 Å². The first-order valence-corrected chi connectivity index (χ1v) is 8.92. The maximum Gasteiger partial charge on any atom is 0.270 e. The van der Waals surface area contributed by atoms with Crippen LogP contribution in [0.4, 0.5) is 15.9 Å². The molecule has 1 N–H and O–H groups in total. The number of anilines is 1. The van der Waals surface area contributed by atoms with Gasteiger partial charge < -0.3 is 5.32 Å². The first-order chi connectivity index (χ1) is 13.8. The molecule has 7 nitrogen and oxygen atoms in total. The van der Waals surface area contributed by atoms with Crippen LogP contribution < -0.4 is 5.32 Å². The normalized spacial score (nSPS) is 11.0. The van der Waals surface area contributed by atoms with Gasteiger partial charge in [0.25, 0.3) is 5.69 Å². The van der Waals surface area contributed by atoms with E-state index in [4.69, 9.17) is 11.6 Å². The minimum atomic E-state index is -0.505. The van der Waals surface area contributed by atoms with Crippen molar-refractivity contribution < 1.29 is 14.1 Å². The van der Waals surface area contributed by atoms with Crippen molar-refractivity contribution in [1.82, 2.24) is 9.78 Å². The molecule has 0 saturated heterocycles. The van der Waals surface area contributed by atoms with Crippen LogP contribution in [0.2, 0.25) is 5.02 Å². The van der Waals surface area contributed by atoms with Crippen LogP contribution in [-0.4, -0.2) is 20.6 Å². The Bertz CT molecular complexity index is 1090. The summed E-state index contributed by atoms with van der Waals surface area (Å²) >= 11 is 6.05. The topological polar surface area (TPSA) is 90.1 Å². The van der Waals surface area contributed by atoms with Crippen molar-refractivity contribution in [2.75, 3.05) is 5.32 Å². The number of hydrogen-bond acceptors (Lipinski definition) is 4. The predicted octanol–water partition coefficient (Wildman–Crippen LogP) is 4.59. The van der Waals surface area contributed by atoms with E-state index in [-0.39, 0.29) is 12.2 Å². The Balaban J connectivity index is 1.69. The maximum atomic E-state index is 14.0. The van der Waals surface area contributed by atoms with Crippen molar-refractivity contribution in [3.05, 3.63) is 92.4 Å². The number of hydrogen-bond donors (Lipinski definition) is 1. The zero-order valence-electron chi connectivity index (χ0n) is 15.3. The molecule has 2 aromatic carbocycles. The second-order valence-corrected chi connectivity index (χ2v) is 6.61. The maximum absolute atomic E-state index is 14.0. The lowest BCUT2D eigenvalue weighted by molar-refractivity contribution is -0.384. The van der Waals surface area contributed by atoms with Gasteiger partial charge in [-0.2, -0.15) is 5.10 Å². The van der Waals surface area contributed by atoms with Gasteiger partial charge in [-0.15, -0.1) is 0 Å². The number of halogens is 2. The van der Waals surface area contributed by atoms with Crippen molar-refractivity contribution >= 4 is 35.1 Å². The second-order valence-electron chi connectivity index (χ2n) is 6.20. The molecule has 0 spiro atoms. The number of amides is 1. The average molecular weight is 415 g/mol. The van der Waals surface area contributed by atoms with E-state index in [0.717, 1.165) is 0 Å². The van der Waals surface area contributed by atoms with Crippen LogP contribution in [0.5, 0.6) is 0 Å². The highest BCUT2D eigenvalue weighted by atomic mass is 35.5. The van der Waals surface area contributed by atoms with Gasteiger partial charge in [0.15, 0.2) is 5.82 Å². The van der Waals surface area contributed by atoms with Crippen molar-refractivity contribution in [2.24, 2.45) is 0 Å². The Kier molecular flexibility index (Phi) is 6.04. The van der Waals surface area contributed by atoms with Gasteiger partial charge in [-0.3, -0.25) is 19.6 Å². The third-order valence-corrected chi connectivity index (χ3v) is 4.46. The molecule has 29 heavy (non-hydrogen) atoms. The fourth-order valence-electron chi connectivity index (χ4n) is 2.65. The van der Waals surface area contributed by atoms with Crippen LogP contribution in [0.3, 0.4) is 0 Å². The van der Waals surface area contributed by atoms with Crippen molar-refractivity contribution in [1.29, 1.82) is 0 Å². The summed E-state index contributed by atoms with van der Waals surface area (Å²) in [5.74, 6) is -0.591. The lowest BCUT2D eigenvalue weighted by atomic mass is 10.2. The van der Waals surface area contributed by atoms with Crippen LogP contribution in [0, 0.1) is 22.9 Å². The van der Waals surface area contributed by atoms with E-state index in [1.165, 1.54) is 47.2 Å². The molecular weight excluding hydrogens is 399 g/mol. The molecular formula is C20H16ClFN4O3. The van der Waals surface area contributed by atoms with Crippen molar-refractivity contribution in [3.63, 3.8) is 0 Å². The molecule has 3 aromatic rings. The molecule has 1 amide bonds. The predicted molar refractivity (Wildman–Crippen MR) is 108 cm³/mol. The number of nitrogens with zero attached hydrogens (tertiary/aromatic N) is 3. The Morgan fingerprint density at radius 2 is 2.07 bits per heavy atom. The summed E-state index contributed by atoms with van der Waals surface area (Å²) in [4.78, 5) is 22.4. The number of nitro groups is 1. The van der Waals surface area contributed by atoms with Gasteiger partial charge >= 0.3 is 0 Å². The molecule has 0 bridgehead atoms. The van der Waals surface area contributed by atoms with Crippen LogP contribution in [-0.2, 0) is 11.3 Å². The molecule has 0 aliphatic carbocycles. The van der Waals surface area contributed by atoms with Crippen LogP contribution in [0.1, 0.15) is 16.8 Å². The summed E-state index contributed by atoms with van der Waals surface area (Å²) in [7, 11) is 0. The summed E-state index contributed by atoms with van der Waals surface area (Å²) in [5, 5.41) is 18.0. The van der Waals surface area contributed by atoms with Gasteiger partial charge in [0, 0.05) is 40.6 Å². The fourth-order valence-corrected chi connectivity index (χ4v) is 2.87. The molecule has 148 valence electrons. The number of carbonyl (C=O) groups excluding carboxylic acids is 1. The number of carbonyl (C=O) groups is 1. The Morgan fingerprint density at radius 1 is 1.31 bits per heavy atom. The van der Waals surface area contributed by atoms with Crippen molar-refractivity contribution in [2.45, 2.75) is 13.5 Å². The third kappa shape index (κ3) is 5.05. The van der Waals surface area contributed by atoms with Gasteiger partial charge in [-0.25, -0.2) is 4.39 Å². The molecule has 0 radical (unpaired) electrons. The summed E-state index contributed by atoms with van der Waals surface area (Å²) < 4.78 is 15.5. The second kappa shape index (κ2) is 8.66. The monoisotopic (exact) mass is 414 g/mol. The van der Waals surface area contributed by atoms with Gasteiger partial charge in [-0.1, -0.05) is 29.8 Å². The van der Waals surface area contributed by atoms with E-state index < -0.39 is 16.6 Å². The lowest BCUT2D eigenvalue weighted by Crippen LogP contribution is -2.10. The molecule has 3 rings (SSSR count). The quantitative estimate of drug-likeness (QED) is 0.363. The molecule has 9 heteroatoms. The molecule has 1 aromatic heterocycles. The zero-order valence-corrected chi connectivity index (χ0v) is 16.1. The van der Waals surface area contributed by atoms with E-state index in [1.54, 1.807) is 25.1 Å². The van der Waals surface area contributed by atoms with E-state index in [1.807, 2.05) is 0 Å². The van der Waals surface area contributed by atoms with Crippen molar-refractivity contribution in [3.8, 4) is 0 Å². The summed E-state index contributed by atoms with van der Waals surface area (Å²) in [6, 6.07) is 12.0. The van der Waals surface area contributed by atoms with E-state index in [0.29, 0.717) is 27.7 Å². The van der Waals surface area contributed by atoms with Crippen LogP contribution >= 0.6 is 11.6 Å². The molecule has 0 aliphatic rings.